The van der Waals surface area contributed by atoms with Crippen molar-refractivity contribution in [1.82, 2.24) is 20.3 Å². The zero-order valence-electron chi connectivity index (χ0n) is 57.7. The molecular weight excluding hydrogens is 1300 g/mol. The fourth-order valence-corrected chi connectivity index (χ4v) is 12.5. The smallest absolute Gasteiger partial charge is 0.219 e. The Morgan fingerprint density at radius 2 is 0.606 bits per heavy atom. The number of aromatic nitrogens is 3. The molecule has 2 radical (unpaired) electrons. The van der Waals surface area contributed by atoms with Crippen LogP contribution < -0.4 is 10.8 Å². The molecule has 17 aromatic rings. The minimum Gasteiger partial charge on any atom is -0.456 e. The van der Waals surface area contributed by atoms with Gasteiger partial charge < -0.3 is 24.4 Å². The van der Waals surface area contributed by atoms with Crippen molar-refractivity contribution >= 4 is 102 Å². The van der Waals surface area contributed by atoms with Gasteiger partial charge in [0.2, 0.25) is 5.62 Å². The van der Waals surface area contributed by atoms with E-state index in [9.17, 15) is 0 Å². The number of hydrogen-bond acceptors (Lipinski definition) is 10. The first-order valence-electron chi connectivity index (χ1n) is 34.4. The van der Waals surface area contributed by atoms with Crippen molar-refractivity contribution in [3.63, 3.8) is 0 Å². The molecule has 4 heterocycles. The average Bonchev–Trinajstić information content (AvgIpc) is 1.59. The standard InChI is InChI=1S/C43H27N3O.C27H18ClN3O.C16H11B.C6H14O2/c1-2-8-28(9-3-1)30-14-19-32(20-15-30)41-44-42(33-21-16-31(17-22-33)35-23-18-29-10-4-5-11-34(29)26-35)46-43(45-41)36-24-25-38-37-12-6-7-13-39(37)47-40(38)27-36;28-27-30-25(19-12-10-18(11-13-19)17-6-2-1-3-7-17)29-26(31-27)20-14-15-22-21-8-4-5-9-23(21)32-24(22)16-20;17-16-9-7-13(8-10-16)15-6-5-12-3-1-2-4-14(12)11-15;1-5(2,7)6(3,4)8/h1-27H;1-16,27H,(H,29,30,31);1-11H;7-8H,1-4H3. The van der Waals surface area contributed by atoms with Crippen molar-refractivity contribution in [2.75, 3.05) is 0 Å². The number of nitrogens with zero attached hydrogens (tertiary/aromatic N) is 5. The summed E-state index contributed by atoms with van der Waals surface area (Å²) in [4.78, 5) is 24.0. The first kappa shape index (κ1) is 67.4. The Morgan fingerprint density at radius 1 is 0.298 bits per heavy atom. The Bertz CT molecular complexity index is 5980. The predicted octanol–water partition coefficient (Wildman–Crippen LogP) is 21.7. The Balaban J connectivity index is 0.000000131. The lowest BCUT2D eigenvalue weighted by molar-refractivity contribution is -0.107. The molecule has 0 fully saturated rings. The monoisotopic (exact) mass is 1370 g/mol. The first-order valence-corrected chi connectivity index (χ1v) is 34.9. The molecule has 1 atom stereocenters. The van der Waals surface area contributed by atoms with E-state index in [1.54, 1.807) is 27.7 Å². The van der Waals surface area contributed by atoms with Crippen molar-refractivity contribution in [3.8, 4) is 78.7 Å². The topological polar surface area (TPSA) is 142 Å². The molecule has 1 unspecified atom stereocenters. The van der Waals surface area contributed by atoms with Gasteiger partial charge in [-0.15, -0.1) is 0 Å². The van der Waals surface area contributed by atoms with E-state index >= 15 is 0 Å². The molecule has 502 valence electrons. The highest BCUT2D eigenvalue weighted by molar-refractivity contribution is 6.32. The number of amidine groups is 2. The number of alkyl halides is 1. The fraction of sp³-hybridized carbons (Fsp3) is 0.0761. The number of aliphatic hydroxyl groups is 2. The lowest BCUT2D eigenvalue weighted by atomic mass is 9.90. The van der Waals surface area contributed by atoms with Crippen LogP contribution >= 0.6 is 11.6 Å². The van der Waals surface area contributed by atoms with Crippen molar-refractivity contribution < 1.29 is 19.0 Å². The molecule has 0 saturated heterocycles. The summed E-state index contributed by atoms with van der Waals surface area (Å²) in [5, 5.41) is 30.9. The lowest BCUT2D eigenvalue weighted by Crippen LogP contribution is -2.44. The highest BCUT2D eigenvalue weighted by Gasteiger charge is 2.32. The van der Waals surface area contributed by atoms with E-state index in [0.29, 0.717) is 29.1 Å². The van der Waals surface area contributed by atoms with Crippen LogP contribution in [0.4, 0.5) is 0 Å². The number of rotatable bonds is 10. The van der Waals surface area contributed by atoms with Crippen molar-refractivity contribution in [1.29, 1.82) is 0 Å². The maximum Gasteiger partial charge on any atom is 0.219 e. The van der Waals surface area contributed by atoms with Crippen LogP contribution in [0.3, 0.4) is 0 Å². The Hall–Kier alpha value is -12.4. The number of furan rings is 2. The van der Waals surface area contributed by atoms with E-state index in [1.165, 1.54) is 49.4 Å². The Labute approximate surface area is 609 Å². The second-order valence-corrected chi connectivity index (χ2v) is 27.0. The lowest BCUT2D eigenvalue weighted by Gasteiger charge is -2.31. The van der Waals surface area contributed by atoms with Gasteiger partial charge >= 0.3 is 0 Å². The third kappa shape index (κ3) is 15.0. The zero-order valence-corrected chi connectivity index (χ0v) is 58.4. The summed E-state index contributed by atoms with van der Waals surface area (Å²) in [6.07, 6.45) is 0. The van der Waals surface area contributed by atoms with Crippen LogP contribution in [0.1, 0.15) is 38.8 Å². The van der Waals surface area contributed by atoms with Crippen LogP contribution in [0, 0.1) is 0 Å². The fourth-order valence-electron chi connectivity index (χ4n) is 12.3. The van der Waals surface area contributed by atoms with Crippen molar-refractivity contribution in [3.05, 3.63) is 339 Å². The van der Waals surface area contributed by atoms with E-state index < -0.39 is 16.8 Å². The molecule has 1 aliphatic heterocycles. The molecule has 0 aliphatic carbocycles. The third-order valence-electron chi connectivity index (χ3n) is 18.9. The molecule has 3 N–H and O–H groups in total. The zero-order chi connectivity index (χ0) is 71.3. The number of nitrogens with one attached hydrogen (secondary N) is 1. The van der Waals surface area contributed by atoms with Crippen LogP contribution in [0.5, 0.6) is 0 Å². The molecule has 0 amide bonds. The molecule has 10 nitrogen and oxygen atoms in total. The van der Waals surface area contributed by atoms with Gasteiger partial charge in [-0.25, -0.2) is 24.9 Å². The van der Waals surface area contributed by atoms with Gasteiger partial charge in [-0.3, -0.25) is 0 Å². The molecule has 14 aromatic carbocycles. The number of benzene rings is 14. The first-order chi connectivity index (χ1) is 50.6. The second kappa shape index (κ2) is 29.3. The summed E-state index contributed by atoms with van der Waals surface area (Å²) < 4.78 is 12.2. The summed E-state index contributed by atoms with van der Waals surface area (Å²) in [7, 11) is 5.70. The van der Waals surface area contributed by atoms with E-state index in [4.69, 9.17) is 53.4 Å². The van der Waals surface area contributed by atoms with Crippen LogP contribution in [-0.2, 0) is 0 Å². The molecule has 18 rings (SSSR count). The third-order valence-corrected chi connectivity index (χ3v) is 19.1. The normalized spacial score (nSPS) is 12.9. The minimum absolute atomic E-state index is 0.595. The van der Waals surface area contributed by atoms with Crippen molar-refractivity contribution in [2.24, 2.45) is 9.98 Å². The maximum absolute atomic E-state index is 9.10. The van der Waals surface area contributed by atoms with Gasteiger partial charge in [-0.1, -0.05) is 296 Å². The molecule has 1 aliphatic rings. The van der Waals surface area contributed by atoms with Crippen LogP contribution in [-0.4, -0.2) is 61.5 Å². The molecule has 0 saturated carbocycles. The Morgan fingerprint density at radius 3 is 1.06 bits per heavy atom. The summed E-state index contributed by atoms with van der Waals surface area (Å²) >= 11 is 6.38. The molecular formula is C92H70BClN6O4. The van der Waals surface area contributed by atoms with Gasteiger partial charge in [0.05, 0.1) is 11.2 Å². The van der Waals surface area contributed by atoms with E-state index in [1.807, 2.05) is 103 Å². The number of aliphatic imine (C=N–C) groups is 2. The number of fused-ring (bicyclic) bond motifs is 8. The summed E-state index contributed by atoms with van der Waals surface area (Å²) in [6.45, 7) is 6.31. The molecule has 3 aromatic heterocycles. The molecule has 12 heteroatoms. The van der Waals surface area contributed by atoms with Gasteiger partial charge in [0.15, 0.2) is 17.5 Å². The van der Waals surface area contributed by atoms with E-state index in [-0.39, 0.29) is 0 Å². The van der Waals surface area contributed by atoms with Crippen molar-refractivity contribution in [2.45, 2.75) is 44.5 Å². The Kier molecular flexibility index (Phi) is 19.0. The molecule has 104 heavy (non-hydrogen) atoms. The van der Waals surface area contributed by atoms with Crippen LogP contribution in [0.15, 0.2) is 346 Å². The average molecular weight is 1370 g/mol. The highest BCUT2D eigenvalue weighted by Crippen LogP contribution is 2.36. The largest absolute Gasteiger partial charge is 0.456 e. The van der Waals surface area contributed by atoms with Crippen LogP contribution in [0.25, 0.3) is 144 Å². The molecule has 0 spiro atoms. The quantitative estimate of drug-likeness (QED) is 0.0698. The summed E-state index contributed by atoms with van der Waals surface area (Å²) in [5.74, 6) is 3.20. The van der Waals surface area contributed by atoms with Crippen LogP contribution in [0.2, 0.25) is 0 Å². The van der Waals surface area contributed by atoms with E-state index in [2.05, 4.69) is 240 Å². The van der Waals surface area contributed by atoms with Gasteiger partial charge in [0.25, 0.3) is 0 Å². The minimum atomic E-state index is -1.01. The van der Waals surface area contributed by atoms with Gasteiger partial charge in [-0.2, -0.15) is 0 Å². The number of halogens is 1. The second-order valence-electron chi connectivity index (χ2n) is 26.6. The predicted molar refractivity (Wildman–Crippen MR) is 431 cm³/mol. The SMILES string of the molecule is CC(C)(O)C(C)(C)O.ClC1N=C(c2ccc(-c3ccccc3)cc2)NC(c2ccc3c(c2)oc2ccccc23)=N1.[B]c1ccc(-c2ccc3ccccc3c2)cc1.c1ccc(-c2ccc(-c3nc(-c4ccc(-c5ccc6ccccc6c5)cc4)nc(-c4ccc5c(c4)oc4ccccc45)n3)cc2)cc1. The number of hydrogen-bond donors (Lipinski definition) is 3. The van der Waals surface area contributed by atoms with Gasteiger partial charge in [-0.05, 0) is 142 Å². The van der Waals surface area contributed by atoms with Gasteiger partial charge in [0.1, 0.15) is 41.8 Å². The molecule has 0 bridgehead atoms. The van der Waals surface area contributed by atoms with E-state index in [0.717, 1.165) is 93.8 Å². The maximum atomic E-state index is 9.10. The summed E-state index contributed by atoms with van der Waals surface area (Å²) in [5.41, 5.74) is 15.4. The van der Waals surface area contributed by atoms with Gasteiger partial charge in [0, 0.05) is 49.4 Å². The number of para-hydroxylation sites is 2. The summed E-state index contributed by atoms with van der Waals surface area (Å²) in [6, 6.07) is 112. The highest BCUT2D eigenvalue weighted by atomic mass is 35.5.